The van der Waals surface area contributed by atoms with Gasteiger partial charge in [-0.2, -0.15) is 0 Å². The van der Waals surface area contributed by atoms with Crippen molar-refractivity contribution in [1.82, 2.24) is 4.98 Å². The van der Waals surface area contributed by atoms with Crippen LogP contribution in [-0.4, -0.2) is 9.91 Å². The lowest BCUT2D eigenvalue weighted by molar-refractivity contribution is -0.384. The molecule has 0 atom stereocenters. The van der Waals surface area contributed by atoms with E-state index in [-0.39, 0.29) is 5.69 Å². The van der Waals surface area contributed by atoms with Crippen LogP contribution in [0.2, 0.25) is 0 Å². The number of rotatable bonds is 4. The van der Waals surface area contributed by atoms with Crippen LogP contribution in [0.25, 0.3) is 44.5 Å². The first-order chi connectivity index (χ1) is 14.6. The molecule has 0 spiro atoms. The van der Waals surface area contributed by atoms with Crippen LogP contribution in [0.5, 0.6) is 0 Å². The summed E-state index contributed by atoms with van der Waals surface area (Å²) >= 11 is 5.02. The lowest BCUT2D eigenvalue weighted by Crippen LogP contribution is -1.88. The molecule has 5 rings (SSSR count). The number of hydrogen-bond acceptors (Lipinski definition) is 5. The predicted molar refractivity (Wildman–Crippen MR) is 125 cm³/mol. The zero-order valence-electron chi connectivity index (χ0n) is 15.4. The zero-order valence-corrected chi connectivity index (χ0v) is 17.8. The summed E-state index contributed by atoms with van der Waals surface area (Å²) < 4.78 is 7.66. The predicted octanol–water partition coefficient (Wildman–Crippen LogP) is 7.55. The van der Waals surface area contributed by atoms with Gasteiger partial charge in [-0.25, -0.2) is 4.98 Å². The first kappa shape index (κ1) is 18.7. The van der Waals surface area contributed by atoms with E-state index in [0.717, 1.165) is 26.2 Å². The van der Waals surface area contributed by atoms with E-state index in [2.05, 4.69) is 40.2 Å². The minimum absolute atomic E-state index is 0.0284. The molecular weight excluding hydrogens is 464 g/mol. The first-order valence-corrected chi connectivity index (χ1v) is 10.7. The van der Waals surface area contributed by atoms with Crippen LogP contribution in [0, 0.1) is 10.1 Å². The molecule has 0 saturated carbocycles. The van der Waals surface area contributed by atoms with Crippen LogP contribution in [0.1, 0.15) is 10.8 Å². The van der Waals surface area contributed by atoms with E-state index in [9.17, 15) is 10.1 Å². The summed E-state index contributed by atoms with van der Waals surface area (Å²) in [5.41, 5.74) is 1.79. The maximum Gasteiger partial charge on any atom is 0.270 e. The minimum atomic E-state index is -0.425. The van der Waals surface area contributed by atoms with Gasteiger partial charge in [0.05, 0.1) is 15.1 Å². The fourth-order valence-electron chi connectivity index (χ4n) is 3.31. The van der Waals surface area contributed by atoms with Crippen molar-refractivity contribution >= 4 is 66.1 Å². The summed E-state index contributed by atoms with van der Waals surface area (Å²) in [5.74, 6) is 1.31. The van der Waals surface area contributed by atoms with Gasteiger partial charge in [0.2, 0.25) is 0 Å². The van der Waals surface area contributed by atoms with Crippen molar-refractivity contribution in [2.45, 2.75) is 0 Å². The van der Waals surface area contributed by atoms with Crippen LogP contribution in [0.3, 0.4) is 0 Å². The lowest BCUT2D eigenvalue weighted by Gasteiger charge is -2.00. The molecule has 2 heterocycles. The molecule has 7 heteroatoms. The van der Waals surface area contributed by atoms with Gasteiger partial charge in [-0.1, -0.05) is 30.3 Å². The number of nitro groups is 1. The number of benzene rings is 3. The second-order valence-electron chi connectivity index (χ2n) is 6.64. The van der Waals surface area contributed by atoms with Crippen molar-refractivity contribution in [3.05, 3.63) is 92.1 Å². The largest absolute Gasteiger partial charge is 0.457 e. The SMILES string of the molecule is O=[N+]([O-])c1ccc(-c2ccc(C=Cc3nc4c(ccc5ccccc54)s3)o2)c(Br)c1. The summed E-state index contributed by atoms with van der Waals surface area (Å²) in [7, 11) is 0. The van der Waals surface area contributed by atoms with Gasteiger partial charge in [0.1, 0.15) is 16.5 Å². The van der Waals surface area contributed by atoms with Gasteiger partial charge in [-0.05, 0) is 57.7 Å². The maximum absolute atomic E-state index is 10.9. The average molecular weight is 477 g/mol. The fourth-order valence-corrected chi connectivity index (χ4v) is 4.76. The number of thiazole rings is 1. The molecule has 3 aromatic carbocycles. The Hall–Kier alpha value is -3.29. The van der Waals surface area contributed by atoms with Crippen molar-refractivity contribution in [2.24, 2.45) is 0 Å². The molecule has 0 amide bonds. The number of nitro benzene ring substituents is 1. The summed E-state index contributed by atoms with van der Waals surface area (Å²) in [6.07, 6.45) is 3.82. The topological polar surface area (TPSA) is 69.2 Å². The molecule has 0 N–H and O–H groups in total. The molecule has 146 valence electrons. The van der Waals surface area contributed by atoms with E-state index >= 15 is 0 Å². The molecule has 0 radical (unpaired) electrons. The van der Waals surface area contributed by atoms with E-state index in [4.69, 9.17) is 9.40 Å². The van der Waals surface area contributed by atoms with Gasteiger partial charge in [-0.15, -0.1) is 11.3 Å². The third kappa shape index (κ3) is 3.42. The smallest absolute Gasteiger partial charge is 0.270 e. The monoisotopic (exact) mass is 476 g/mol. The number of halogens is 1. The Morgan fingerprint density at radius 2 is 1.90 bits per heavy atom. The van der Waals surface area contributed by atoms with E-state index in [1.54, 1.807) is 17.4 Å². The van der Waals surface area contributed by atoms with Gasteiger partial charge >= 0.3 is 0 Å². The fraction of sp³-hybridized carbons (Fsp3) is 0. The van der Waals surface area contributed by atoms with Crippen LogP contribution in [0.15, 0.2) is 75.6 Å². The van der Waals surface area contributed by atoms with Gasteiger partial charge in [0.15, 0.2) is 0 Å². The Bertz CT molecular complexity index is 1450. The van der Waals surface area contributed by atoms with Crippen molar-refractivity contribution in [3.8, 4) is 11.3 Å². The van der Waals surface area contributed by atoms with Gasteiger partial charge in [0, 0.05) is 27.6 Å². The highest BCUT2D eigenvalue weighted by atomic mass is 79.9. The Labute approximate surface area is 183 Å². The Morgan fingerprint density at radius 3 is 2.73 bits per heavy atom. The minimum Gasteiger partial charge on any atom is -0.457 e. The van der Waals surface area contributed by atoms with Crippen molar-refractivity contribution in [3.63, 3.8) is 0 Å². The first-order valence-electron chi connectivity index (χ1n) is 9.09. The molecule has 0 bridgehead atoms. The molecule has 30 heavy (non-hydrogen) atoms. The number of hydrogen-bond donors (Lipinski definition) is 0. The second-order valence-corrected chi connectivity index (χ2v) is 8.56. The van der Waals surface area contributed by atoms with Crippen LogP contribution >= 0.6 is 27.3 Å². The Morgan fingerprint density at radius 1 is 1.03 bits per heavy atom. The second kappa shape index (κ2) is 7.51. The highest BCUT2D eigenvalue weighted by molar-refractivity contribution is 9.10. The highest BCUT2D eigenvalue weighted by Crippen LogP contribution is 2.33. The maximum atomic E-state index is 10.9. The van der Waals surface area contributed by atoms with E-state index in [1.807, 2.05) is 36.4 Å². The Balaban J connectivity index is 1.44. The van der Waals surface area contributed by atoms with E-state index in [1.165, 1.54) is 17.5 Å². The van der Waals surface area contributed by atoms with Crippen LogP contribution in [-0.2, 0) is 0 Å². The van der Waals surface area contributed by atoms with Crippen molar-refractivity contribution < 1.29 is 9.34 Å². The highest BCUT2D eigenvalue weighted by Gasteiger charge is 2.13. The third-order valence-electron chi connectivity index (χ3n) is 4.75. The van der Waals surface area contributed by atoms with Gasteiger partial charge < -0.3 is 4.42 Å². The molecule has 0 aliphatic carbocycles. The molecule has 5 aromatic rings. The van der Waals surface area contributed by atoms with Crippen molar-refractivity contribution in [1.29, 1.82) is 0 Å². The van der Waals surface area contributed by atoms with E-state index in [0.29, 0.717) is 16.0 Å². The average Bonchev–Trinajstić information content (AvgIpc) is 3.39. The molecular formula is C23H13BrN2O3S. The molecule has 5 nitrogen and oxygen atoms in total. The summed E-state index contributed by atoms with van der Waals surface area (Å²) in [4.78, 5) is 15.3. The molecule has 0 fully saturated rings. The Kier molecular flexibility index (Phi) is 4.69. The number of fused-ring (bicyclic) bond motifs is 3. The number of nitrogens with zero attached hydrogens (tertiary/aromatic N) is 2. The van der Waals surface area contributed by atoms with Gasteiger partial charge in [0.25, 0.3) is 5.69 Å². The zero-order chi connectivity index (χ0) is 20.7. The molecule has 0 saturated heterocycles. The van der Waals surface area contributed by atoms with Crippen LogP contribution < -0.4 is 0 Å². The molecule has 0 aliphatic heterocycles. The number of aromatic nitrogens is 1. The summed E-state index contributed by atoms with van der Waals surface area (Å²) in [6, 6.07) is 20.8. The summed E-state index contributed by atoms with van der Waals surface area (Å²) in [5, 5.41) is 14.1. The van der Waals surface area contributed by atoms with Gasteiger partial charge in [-0.3, -0.25) is 10.1 Å². The number of non-ortho nitro benzene ring substituents is 1. The quantitative estimate of drug-likeness (QED) is 0.198. The standard InChI is InChI=1S/C23H13BrN2O3S/c24-19-13-15(26(27)28)6-9-18(19)20-10-7-16(29-20)8-12-22-25-23-17-4-2-1-3-14(17)5-11-21(23)30-22/h1-13H. The molecule has 0 aliphatic rings. The molecule has 0 unspecified atom stereocenters. The normalized spacial score (nSPS) is 11.6. The lowest BCUT2D eigenvalue weighted by atomic mass is 10.1. The summed E-state index contributed by atoms with van der Waals surface area (Å²) in [6.45, 7) is 0. The van der Waals surface area contributed by atoms with E-state index < -0.39 is 4.92 Å². The number of furan rings is 1. The molecule has 2 aromatic heterocycles. The van der Waals surface area contributed by atoms with Crippen LogP contribution in [0.4, 0.5) is 5.69 Å². The third-order valence-corrected chi connectivity index (χ3v) is 6.39. The van der Waals surface area contributed by atoms with Crippen molar-refractivity contribution in [2.75, 3.05) is 0 Å².